The van der Waals surface area contributed by atoms with Gasteiger partial charge in [0.25, 0.3) is 0 Å². The maximum Gasteiger partial charge on any atom is 0.249 e. The molecule has 0 saturated carbocycles. The molecular weight excluding hydrogens is 172 g/mol. The third kappa shape index (κ3) is 2.18. The predicted molar refractivity (Wildman–Crippen MR) is 45.5 cm³/mol. The summed E-state index contributed by atoms with van der Waals surface area (Å²) >= 11 is 0. The Morgan fingerprint density at radius 3 is 2.92 bits per heavy atom. The molecule has 0 spiro atoms. The zero-order valence-corrected chi connectivity index (χ0v) is 7.53. The fourth-order valence-electron chi connectivity index (χ4n) is 1.39. The Morgan fingerprint density at radius 1 is 1.69 bits per heavy atom. The van der Waals surface area contributed by atoms with Crippen molar-refractivity contribution in [3.05, 3.63) is 6.42 Å². The number of carbonyl (C=O) groups excluding carboxylic acids is 2. The molecule has 1 rings (SSSR count). The Hall–Kier alpha value is -1.10. The molecule has 5 nitrogen and oxygen atoms in total. The summed E-state index contributed by atoms with van der Waals surface area (Å²) in [5.41, 5.74) is 5.12. The van der Waals surface area contributed by atoms with E-state index in [4.69, 9.17) is 5.73 Å². The molecule has 13 heavy (non-hydrogen) atoms. The standard InChI is InChI=1S/C8H13N2O3/c1-13-5-7(11)10-4-2-3-6(10)8(9)12/h3,6H,2,4-5H2,1H3,(H2,9,12)/t6-/m1/s1. The number of hydrogen-bond acceptors (Lipinski definition) is 3. The average Bonchev–Trinajstić information content (AvgIpc) is 2.52. The van der Waals surface area contributed by atoms with Gasteiger partial charge in [0, 0.05) is 13.7 Å². The third-order valence-electron chi connectivity index (χ3n) is 1.98. The number of rotatable bonds is 3. The molecule has 0 aromatic carbocycles. The van der Waals surface area contributed by atoms with Gasteiger partial charge in [-0.1, -0.05) is 0 Å². The van der Waals surface area contributed by atoms with Gasteiger partial charge in [0.2, 0.25) is 11.8 Å². The van der Waals surface area contributed by atoms with E-state index in [2.05, 4.69) is 4.74 Å². The molecule has 2 amide bonds. The highest BCUT2D eigenvalue weighted by molar-refractivity contribution is 5.88. The van der Waals surface area contributed by atoms with Gasteiger partial charge in [0.1, 0.15) is 12.6 Å². The summed E-state index contributed by atoms with van der Waals surface area (Å²) in [6, 6.07) is -0.553. The summed E-state index contributed by atoms with van der Waals surface area (Å²) < 4.78 is 4.69. The van der Waals surface area contributed by atoms with Gasteiger partial charge in [0.15, 0.2) is 0 Å². The SMILES string of the molecule is COCC(=O)N1CC[CH][C@@H]1C(N)=O. The molecule has 0 aromatic heterocycles. The first-order valence-electron chi connectivity index (χ1n) is 4.08. The van der Waals surface area contributed by atoms with Crippen LogP contribution in [0.25, 0.3) is 0 Å². The van der Waals surface area contributed by atoms with E-state index in [9.17, 15) is 9.59 Å². The van der Waals surface area contributed by atoms with Gasteiger partial charge >= 0.3 is 0 Å². The summed E-state index contributed by atoms with van der Waals surface area (Å²) in [6.07, 6.45) is 2.46. The lowest BCUT2D eigenvalue weighted by Crippen LogP contribution is -2.45. The van der Waals surface area contributed by atoms with Gasteiger partial charge in [-0.25, -0.2) is 0 Å². The fourth-order valence-corrected chi connectivity index (χ4v) is 1.39. The minimum Gasteiger partial charge on any atom is -0.375 e. The Kier molecular flexibility index (Phi) is 3.25. The quantitative estimate of drug-likeness (QED) is 0.608. The van der Waals surface area contributed by atoms with Crippen molar-refractivity contribution in [1.82, 2.24) is 4.90 Å². The van der Waals surface area contributed by atoms with Crippen LogP contribution >= 0.6 is 0 Å². The Labute approximate surface area is 76.8 Å². The van der Waals surface area contributed by atoms with Crippen LogP contribution in [0.2, 0.25) is 0 Å². The number of nitrogens with two attached hydrogens (primary N) is 1. The highest BCUT2D eigenvalue weighted by Gasteiger charge is 2.32. The van der Waals surface area contributed by atoms with Gasteiger partial charge in [-0.15, -0.1) is 0 Å². The van der Waals surface area contributed by atoms with Crippen LogP contribution in [0.4, 0.5) is 0 Å². The monoisotopic (exact) mass is 185 g/mol. The molecule has 1 radical (unpaired) electrons. The van der Waals surface area contributed by atoms with Crippen molar-refractivity contribution in [3.8, 4) is 0 Å². The Bertz CT molecular complexity index is 217. The number of hydrogen-bond donors (Lipinski definition) is 1. The van der Waals surface area contributed by atoms with E-state index < -0.39 is 11.9 Å². The topological polar surface area (TPSA) is 72.6 Å². The molecule has 0 aromatic rings. The van der Waals surface area contributed by atoms with Crippen molar-refractivity contribution < 1.29 is 14.3 Å². The molecule has 0 unspecified atom stereocenters. The van der Waals surface area contributed by atoms with E-state index in [1.807, 2.05) is 0 Å². The second-order valence-electron chi connectivity index (χ2n) is 2.89. The lowest BCUT2D eigenvalue weighted by molar-refractivity contribution is -0.139. The lowest BCUT2D eigenvalue weighted by atomic mass is 10.2. The number of amides is 2. The van der Waals surface area contributed by atoms with E-state index in [-0.39, 0.29) is 12.5 Å². The van der Waals surface area contributed by atoms with Crippen LogP contribution in [0.3, 0.4) is 0 Å². The van der Waals surface area contributed by atoms with Gasteiger partial charge < -0.3 is 15.4 Å². The zero-order chi connectivity index (χ0) is 9.84. The predicted octanol–water partition coefficient (Wildman–Crippen LogP) is -1.08. The van der Waals surface area contributed by atoms with Gasteiger partial charge in [-0.3, -0.25) is 9.59 Å². The average molecular weight is 185 g/mol. The smallest absolute Gasteiger partial charge is 0.249 e. The molecule has 0 bridgehead atoms. The molecule has 1 fully saturated rings. The number of carbonyl (C=O) groups is 2. The summed E-state index contributed by atoms with van der Waals surface area (Å²) in [4.78, 5) is 23.6. The van der Waals surface area contributed by atoms with Crippen LogP contribution in [0.5, 0.6) is 0 Å². The Balaban J connectivity index is 2.57. The number of nitrogens with zero attached hydrogens (tertiary/aromatic N) is 1. The molecule has 1 saturated heterocycles. The van der Waals surface area contributed by atoms with Crippen molar-refractivity contribution in [2.45, 2.75) is 12.5 Å². The highest BCUT2D eigenvalue weighted by Crippen LogP contribution is 2.15. The van der Waals surface area contributed by atoms with E-state index in [1.165, 1.54) is 12.0 Å². The summed E-state index contributed by atoms with van der Waals surface area (Å²) in [6.45, 7) is 0.549. The van der Waals surface area contributed by atoms with Crippen LogP contribution in [-0.2, 0) is 14.3 Å². The maximum absolute atomic E-state index is 11.3. The molecule has 0 aliphatic carbocycles. The van der Waals surface area contributed by atoms with E-state index in [0.29, 0.717) is 13.0 Å². The lowest BCUT2D eigenvalue weighted by Gasteiger charge is -2.21. The van der Waals surface area contributed by atoms with Crippen molar-refractivity contribution in [1.29, 1.82) is 0 Å². The first kappa shape index (κ1) is 9.98. The molecular formula is C8H13N2O3. The van der Waals surface area contributed by atoms with Crippen LogP contribution in [0, 0.1) is 6.42 Å². The largest absolute Gasteiger partial charge is 0.375 e. The highest BCUT2D eigenvalue weighted by atomic mass is 16.5. The number of methoxy groups -OCH3 is 1. The molecule has 1 aliphatic rings. The number of likely N-dealkylation sites (tertiary alicyclic amines) is 1. The maximum atomic E-state index is 11.3. The number of primary amides is 1. The summed E-state index contributed by atoms with van der Waals surface area (Å²) in [5, 5.41) is 0. The van der Waals surface area contributed by atoms with Crippen LogP contribution in [-0.4, -0.2) is 43.0 Å². The molecule has 2 N–H and O–H groups in total. The summed E-state index contributed by atoms with van der Waals surface area (Å²) in [7, 11) is 1.44. The minimum absolute atomic E-state index is 0.00236. The first-order chi connectivity index (χ1) is 6.16. The van der Waals surface area contributed by atoms with Crippen LogP contribution < -0.4 is 5.73 Å². The Morgan fingerprint density at radius 2 is 2.38 bits per heavy atom. The number of ether oxygens (including phenoxy) is 1. The normalized spacial score (nSPS) is 21.9. The van der Waals surface area contributed by atoms with Gasteiger partial charge in [-0.05, 0) is 12.8 Å². The molecule has 1 aliphatic heterocycles. The molecule has 73 valence electrons. The second kappa shape index (κ2) is 4.23. The second-order valence-corrected chi connectivity index (χ2v) is 2.89. The van der Waals surface area contributed by atoms with E-state index >= 15 is 0 Å². The molecule has 5 heteroatoms. The molecule has 1 atom stereocenters. The van der Waals surface area contributed by atoms with Crippen LogP contribution in [0.1, 0.15) is 6.42 Å². The van der Waals surface area contributed by atoms with E-state index in [1.54, 1.807) is 6.42 Å². The zero-order valence-electron chi connectivity index (χ0n) is 7.53. The minimum atomic E-state index is -0.553. The van der Waals surface area contributed by atoms with Gasteiger partial charge in [-0.2, -0.15) is 0 Å². The fraction of sp³-hybridized carbons (Fsp3) is 0.625. The van der Waals surface area contributed by atoms with Crippen molar-refractivity contribution in [2.75, 3.05) is 20.3 Å². The van der Waals surface area contributed by atoms with E-state index in [0.717, 1.165) is 0 Å². The van der Waals surface area contributed by atoms with Crippen molar-refractivity contribution in [2.24, 2.45) is 5.73 Å². The summed E-state index contributed by atoms with van der Waals surface area (Å²) in [5.74, 6) is -0.679. The van der Waals surface area contributed by atoms with Crippen molar-refractivity contribution in [3.63, 3.8) is 0 Å². The first-order valence-corrected chi connectivity index (χ1v) is 4.08. The third-order valence-corrected chi connectivity index (χ3v) is 1.98. The molecule has 1 heterocycles. The van der Waals surface area contributed by atoms with Gasteiger partial charge in [0.05, 0.1) is 0 Å². The van der Waals surface area contributed by atoms with Crippen LogP contribution in [0.15, 0.2) is 0 Å². The van der Waals surface area contributed by atoms with Crippen molar-refractivity contribution >= 4 is 11.8 Å².